The van der Waals surface area contributed by atoms with E-state index < -0.39 is 17.5 Å². The number of carbonyl (C=O) groups is 1. The van der Waals surface area contributed by atoms with Gasteiger partial charge in [0.1, 0.15) is 24.3 Å². The largest absolute Gasteiger partial charge is 1.00 e. The first-order valence-corrected chi connectivity index (χ1v) is 12.4. The Morgan fingerprint density at radius 2 is 1.89 bits per heavy atom. The number of halogens is 1. The molecular weight excluding hydrogens is 490 g/mol. The quantitative estimate of drug-likeness (QED) is 0.542. The van der Waals surface area contributed by atoms with Crippen LogP contribution in [0.3, 0.4) is 0 Å². The van der Waals surface area contributed by atoms with E-state index in [1.807, 2.05) is 81.7 Å². The highest BCUT2D eigenvalue weighted by atomic mass is 35.5. The molecule has 1 saturated carbocycles. The molecule has 1 aliphatic carbocycles. The maximum Gasteiger partial charge on any atom is 0.333 e. The van der Waals surface area contributed by atoms with Gasteiger partial charge in [-0.2, -0.15) is 4.99 Å². The van der Waals surface area contributed by atoms with E-state index in [4.69, 9.17) is 14.5 Å². The van der Waals surface area contributed by atoms with Gasteiger partial charge in [0.15, 0.2) is 11.8 Å². The number of allylic oxidation sites excluding steroid dienone is 2. The van der Waals surface area contributed by atoms with Crippen molar-refractivity contribution in [3.05, 3.63) is 89.5 Å². The lowest BCUT2D eigenvalue weighted by Crippen LogP contribution is -3.08. The van der Waals surface area contributed by atoms with Gasteiger partial charge in [0, 0.05) is 5.92 Å². The number of benzene rings is 2. The molecule has 37 heavy (non-hydrogen) atoms. The van der Waals surface area contributed by atoms with Crippen LogP contribution in [0.5, 0.6) is 5.75 Å². The number of quaternary nitrogens is 1. The van der Waals surface area contributed by atoms with Crippen molar-refractivity contribution >= 4 is 18.0 Å². The highest BCUT2D eigenvalue weighted by Crippen LogP contribution is 2.40. The third-order valence-electron chi connectivity index (χ3n) is 6.76. The number of aliphatic imine (C=N–C) groups is 2. The molecule has 0 aromatic heterocycles. The van der Waals surface area contributed by atoms with Crippen LogP contribution in [0.25, 0.3) is 0 Å². The topological polar surface area (TPSA) is 84.9 Å². The Labute approximate surface area is 223 Å². The standard InChI is InChI=1S/C29H31N3O4.ClH/c1-29(2,3)26(28(33)34)36-23-15-21(16-23)25-24-17-30-12-13-32(24)27(31-25)20-10-7-11-22(14-20)35-18-19-8-5-4-6-9-19;/h4-14,17,21,23,26H,15-16,18H2,1-3H3,(H,33,34);1H. The number of hydrogen-bond acceptors (Lipinski definition) is 5. The van der Waals surface area contributed by atoms with Gasteiger partial charge in [0.05, 0.1) is 24.1 Å². The summed E-state index contributed by atoms with van der Waals surface area (Å²) in [5, 5.41) is 9.60. The highest BCUT2D eigenvalue weighted by Gasteiger charge is 2.44. The molecule has 2 aliphatic heterocycles. The first kappa shape index (κ1) is 26.8. The molecule has 7 nitrogen and oxygen atoms in total. The fourth-order valence-corrected chi connectivity index (χ4v) is 4.78. The number of rotatable bonds is 8. The summed E-state index contributed by atoms with van der Waals surface area (Å²) in [6.45, 7) is 6.18. The van der Waals surface area contributed by atoms with Crippen LogP contribution >= 0.6 is 0 Å². The van der Waals surface area contributed by atoms with E-state index in [0.717, 1.165) is 51.8 Å². The molecule has 2 unspecified atom stereocenters. The van der Waals surface area contributed by atoms with Crippen molar-refractivity contribution in [1.29, 1.82) is 0 Å². The molecule has 2 N–H and O–H groups in total. The monoisotopic (exact) mass is 521 g/mol. The zero-order valence-corrected chi connectivity index (χ0v) is 22.0. The van der Waals surface area contributed by atoms with Gasteiger partial charge in [-0.05, 0) is 42.0 Å². The number of nitrogens with zero attached hydrogens (tertiary/aromatic N) is 2. The first-order chi connectivity index (χ1) is 17.3. The second kappa shape index (κ2) is 11.0. The molecule has 1 fully saturated rings. The molecule has 0 spiro atoms. The van der Waals surface area contributed by atoms with Crippen LogP contribution in [0.4, 0.5) is 0 Å². The Balaban J connectivity index is 0.00000320. The summed E-state index contributed by atoms with van der Waals surface area (Å²) in [5.74, 6) is 1.00. The van der Waals surface area contributed by atoms with Gasteiger partial charge in [-0.15, -0.1) is 0 Å². The number of hydrogen-bond donors (Lipinski definition) is 2. The molecule has 0 radical (unpaired) electrons. The summed E-state index contributed by atoms with van der Waals surface area (Å²) in [5.41, 5.74) is 3.69. The summed E-state index contributed by atoms with van der Waals surface area (Å²) in [4.78, 5) is 22.2. The molecule has 5 rings (SSSR count). The second-order valence-corrected chi connectivity index (χ2v) is 10.6. The SMILES string of the molecule is CC(C)(C)C(OC1CC(C2=C3C=NC=C[NH+]3C(c3cccc(OCc4ccccc4)c3)=N2)C1)C(=O)O.[Cl-]. The minimum Gasteiger partial charge on any atom is -1.00 e. The summed E-state index contributed by atoms with van der Waals surface area (Å²) >= 11 is 0. The van der Waals surface area contributed by atoms with Gasteiger partial charge in [-0.3, -0.25) is 4.99 Å². The van der Waals surface area contributed by atoms with E-state index in [1.54, 1.807) is 6.20 Å². The van der Waals surface area contributed by atoms with E-state index in [0.29, 0.717) is 6.61 Å². The minimum absolute atomic E-state index is 0. The van der Waals surface area contributed by atoms with Crippen molar-refractivity contribution in [3.8, 4) is 5.75 Å². The third-order valence-corrected chi connectivity index (χ3v) is 6.76. The molecular formula is C29H32ClN3O4. The zero-order chi connectivity index (χ0) is 25.3. The predicted molar refractivity (Wildman–Crippen MR) is 138 cm³/mol. The molecule has 2 aromatic rings. The van der Waals surface area contributed by atoms with Crippen molar-refractivity contribution in [2.45, 2.75) is 52.4 Å². The fourth-order valence-electron chi connectivity index (χ4n) is 4.78. The average molecular weight is 522 g/mol. The molecule has 0 bridgehead atoms. The maximum atomic E-state index is 11.7. The van der Waals surface area contributed by atoms with Gasteiger partial charge in [-0.25, -0.2) is 9.69 Å². The number of carboxylic acid groups (broad SMARTS) is 1. The fraction of sp³-hybridized carbons (Fsp3) is 0.345. The molecule has 2 atom stereocenters. The number of ether oxygens (including phenoxy) is 2. The highest BCUT2D eigenvalue weighted by molar-refractivity contribution is 5.98. The summed E-state index contributed by atoms with van der Waals surface area (Å²) in [6, 6.07) is 18.1. The van der Waals surface area contributed by atoms with Crippen molar-refractivity contribution in [1.82, 2.24) is 0 Å². The van der Waals surface area contributed by atoms with Gasteiger partial charge < -0.3 is 27.0 Å². The zero-order valence-electron chi connectivity index (χ0n) is 21.2. The lowest BCUT2D eigenvalue weighted by atomic mass is 9.78. The Morgan fingerprint density at radius 3 is 2.59 bits per heavy atom. The first-order valence-electron chi connectivity index (χ1n) is 12.4. The van der Waals surface area contributed by atoms with E-state index in [1.165, 1.54) is 0 Å². The lowest BCUT2D eigenvalue weighted by molar-refractivity contribution is -0.689. The van der Waals surface area contributed by atoms with Crippen molar-refractivity contribution in [2.24, 2.45) is 21.3 Å². The van der Waals surface area contributed by atoms with E-state index in [-0.39, 0.29) is 24.4 Å². The van der Waals surface area contributed by atoms with E-state index >= 15 is 0 Å². The number of aliphatic carboxylic acids is 1. The van der Waals surface area contributed by atoms with Crippen LogP contribution in [0.2, 0.25) is 0 Å². The van der Waals surface area contributed by atoms with Gasteiger partial charge in [0.25, 0.3) is 0 Å². The normalized spacial score (nSPS) is 23.0. The molecule has 8 heteroatoms. The van der Waals surface area contributed by atoms with Gasteiger partial charge >= 0.3 is 5.97 Å². The van der Waals surface area contributed by atoms with Crippen LogP contribution in [0.15, 0.2) is 88.4 Å². The summed E-state index contributed by atoms with van der Waals surface area (Å²) in [6.07, 6.45) is 6.26. The van der Waals surface area contributed by atoms with Crippen LogP contribution in [0, 0.1) is 11.3 Å². The third kappa shape index (κ3) is 5.85. The Hall–Kier alpha value is -3.26. The summed E-state index contributed by atoms with van der Waals surface area (Å²) in [7, 11) is 0. The van der Waals surface area contributed by atoms with Crippen LogP contribution in [-0.2, 0) is 16.1 Å². The molecule has 0 amide bonds. The summed E-state index contributed by atoms with van der Waals surface area (Å²) < 4.78 is 12.0. The van der Waals surface area contributed by atoms with Crippen molar-refractivity contribution in [2.75, 3.05) is 0 Å². The van der Waals surface area contributed by atoms with Crippen molar-refractivity contribution < 1.29 is 36.7 Å². The van der Waals surface area contributed by atoms with E-state index in [2.05, 4.69) is 11.1 Å². The number of carboxylic acids is 1. The molecule has 2 heterocycles. The Kier molecular flexibility index (Phi) is 7.97. The van der Waals surface area contributed by atoms with E-state index in [9.17, 15) is 9.90 Å². The molecule has 194 valence electrons. The molecule has 3 aliphatic rings. The second-order valence-electron chi connectivity index (χ2n) is 10.6. The Bertz CT molecular complexity index is 1260. The number of amidine groups is 1. The van der Waals surface area contributed by atoms with Crippen molar-refractivity contribution in [3.63, 3.8) is 0 Å². The van der Waals surface area contributed by atoms with Crippen LogP contribution < -0.4 is 22.0 Å². The van der Waals surface area contributed by atoms with Gasteiger partial charge in [-0.1, -0.05) is 57.2 Å². The molecule has 2 aromatic carbocycles. The Morgan fingerprint density at radius 1 is 1.14 bits per heavy atom. The predicted octanol–water partition coefficient (Wildman–Crippen LogP) is 0.976. The maximum absolute atomic E-state index is 11.7. The minimum atomic E-state index is -0.913. The number of nitrogens with one attached hydrogen (secondary N) is 1. The van der Waals surface area contributed by atoms with Crippen LogP contribution in [-0.4, -0.2) is 35.3 Å². The number of fused-ring (bicyclic) bond motifs is 1. The van der Waals surface area contributed by atoms with Gasteiger partial charge in [0.2, 0.25) is 5.84 Å². The smallest absolute Gasteiger partial charge is 0.333 e. The van der Waals surface area contributed by atoms with Crippen LogP contribution in [0.1, 0.15) is 44.7 Å². The average Bonchev–Trinajstić information content (AvgIpc) is 3.21. The molecule has 0 saturated heterocycles. The lowest BCUT2D eigenvalue weighted by Gasteiger charge is -2.39.